The standard InChI is InChI=1S/C11H14N2O2/c1-8(2)12-6-7-13-9(11(12)15)4-3-5-10(13)14/h3-5,8H,6-7H2,1-2H3. The van der Waals surface area contributed by atoms with Crippen LogP contribution in [0.25, 0.3) is 0 Å². The van der Waals surface area contributed by atoms with Crippen molar-refractivity contribution in [3.63, 3.8) is 0 Å². The molecule has 0 fully saturated rings. The summed E-state index contributed by atoms with van der Waals surface area (Å²) in [5.41, 5.74) is 0.409. The maximum atomic E-state index is 12.0. The van der Waals surface area contributed by atoms with Gasteiger partial charge in [0.15, 0.2) is 0 Å². The molecule has 0 unspecified atom stereocenters. The van der Waals surface area contributed by atoms with Crippen molar-refractivity contribution in [2.75, 3.05) is 6.54 Å². The third kappa shape index (κ3) is 1.56. The summed E-state index contributed by atoms with van der Waals surface area (Å²) in [6.45, 7) is 5.18. The number of hydrogen-bond acceptors (Lipinski definition) is 2. The van der Waals surface area contributed by atoms with E-state index in [0.29, 0.717) is 18.8 Å². The summed E-state index contributed by atoms with van der Waals surface area (Å²) in [6.07, 6.45) is 0. The van der Waals surface area contributed by atoms with Gasteiger partial charge in [-0.05, 0) is 19.9 Å². The fourth-order valence-electron chi connectivity index (χ4n) is 1.89. The van der Waals surface area contributed by atoms with E-state index in [2.05, 4.69) is 0 Å². The third-order valence-corrected chi connectivity index (χ3v) is 2.72. The molecule has 0 aliphatic carbocycles. The molecule has 1 aliphatic heterocycles. The van der Waals surface area contributed by atoms with Crippen LogP contribution in [-0.4, -0.2) is 28.0 Å². The van der Waals surface area contributed by atoms with Crippen molar-refractivity contribution in [1.29, 1.82) is 0 Å². The minimum atomic E-state index is -0.0933. The quantitative estimate of drug-likeness (QED) is 0.679. The lowest BCUT2D eigenvalue weighted by atomic mass is 10.2. The summed E-state index contributed by atoms with van der Waals surface area (Å²) in [5, 5.41) is 0. The van der Waals surface area contributed by atoms with Gasteiger partial charge in [0.1, 0.15) is 5.69 Å². The third-order valence-electron chi connectivity index (χ3n) is 2.72. The molecule has 0 aromatic carbocycles. The predicted octanol–water partition coefficient (Wildman–Crippen LogP) is 0.713. The minimum absolute atomic E-state index is 0.0473. The highest BCUT2D eigenvalue weighted by atomic mass is 16.2. The van der Waals surface area contributed by atoms with E-state index >= 15 is 0 Å². The normalized spacial score (nSPS) is 15.7. The molecule has 0 N–H and O–H groups in total. The van der Waals surface area contributed by atoms with Crippen LogP contribution in [0.1, 0.15) is 24.3 Å². The molecule has 15 heavy (non-hydrogen) atoms. The van der Waals surface area contributed by atoms with Gasteiger partial charge in [0.25, 0.3) is 11.5 Å². The zero-order valence-corrected chi connectivity index (χ0v) is 8.93. The van der Waals surface area contributed by atoms with Gasteiger partial charge in [0.05, 0.1) is 0 Å². The zero-order chi connectivity index (χ0) is 11.0. The fraction of sp³-hybridized carbons (Fsp3) is 0.455. The average molecular weight is 206 g/mol. The van der Waals surface area contributed by atoms with Crippen LogP contribution in [0.15, 0.2) is 23.0 Å². The number of rotatable bonds is 1. The Morgan fingerprint density at radius 2 is 1.93 bits per heavy atom. The lowest BCUT2D eigenvalue weighted by molar-refractivity contribution is 0.0645. The number of hydrogen-bond donors (Lipinski definition) is 0. The van der Waals surface area contributed by atoms with Gasteiger partial charge in [0.2, 0.25) is 0 Å². The van der Waals surface area contributed by atoms with Crippen molar-refractivity contribution >= 4 is 5.91 Å². The first kappa shape index (κ1) is 9.96. The highest BCUT2D eigenvalue weighted by Crippen LogP contribution is 2.12. The number of amides is 1. The first-order valence-electron chi connectivity index (χ1n) is 5.12. The number of aromatic nitrogens is 1. The fourth-order valence-corrected chi connectivity index (χ4v) is 1.89. The van der Waals surface area contributed by atoms with E-state index in [0.717, 1.165) is 0 Å². The molecule has 2 heterocycles. The van der Waals surface area contributed by atoms with Gasteiger partial charge in [-0.2, -0.15) is 0 Å². The highest BCUT2D eigenvalue weighted by molar-refractivity contribution is 5.93. The SMILES string of the molecule is CC(C)N1CCn2c(cccc2=O)C1=O. The second-order valence-electron chi connectivity index (χ2n) is 3.99. The van der Waals surface area contributed by atoms with Gasteiger partial charge in [-0.15, -0.1) is 0 Å². The smallest absolute Gasteiger partial charge is 0.270 e. The van der Waals surface area contributed by atoms with E-state index < -0.39 is 0 Å². The van der Waals surface area contributed by atoms with Crippen LogP contribution in [0.3, 0.4) is 0 Å². The van der Waals surface area contributed by atoms with Gasteiger partial charge in [0, 0.05) is 25.2 Å². The lowest BCUT2D eigenvalue weighted by Crippen LogP contribution is -2.47. The van der Waals surface area contributed by atoms with Crippen molar-refractivity contribution in [3.05, 3.63) is 34.2 Å². The molecule has 4 nitrogen and oxygen atoms in total. The molecule has 80 valence electrons. The second kappa shape index (κ2) is 3.53. The van der Waals surface area contributed by atoms with Crippen molar-refractivity contribution in [3.8, 4) is 0 Å². The van der Waals surface area contributed by atoms with Crippen LogP contribution in [0.5, 0.6) is 0 Å². The van der Waals surface area contributed by atoms with E-state index in [4.69, 9.17) is 0 Å². The summed E-state index contributed by atoms with van der Waals surface area (Å²) in [6, 6.07) is 5.01. The van der Waals surface area contributed by atoms with Crippen molar-refractivity contribution in [1.82, 2.24) is 9.47 Å². The van der Waals surface area contributed by atoms with Gasteiger partial charge in [-0.1, -0.05) is 6.07 Å². The molecule has 0 radical (unpaired) electrons. The Morgan fingerprint density at radius 1 is 1.20 bits per heavy atom. The minimum Gasteiger partial charge on any atom is -0.333 e. The highest BCUT2D eigenvalue weighted by Gasteiger charge is 2.25. The molecule has 0 spiro atoms. The van der Waals surface area contributed by atoms with Crippen LogP contribution in [0.4, 0.5) is 0 Å². The summed E-state index contributed by atoms with van der Waals surface area (Å²) >= 11 is 0. The molecule has 0 saturated carbocycles. The maximum absolute atomic E-state index is 12.0. The molecule has 1 amide bonds. The summed E-state index contributed by atoms with van der Waals surface area (Å²) in [4.78, 5) is 25.2. The first-order chi connectivity index (χ1) is 7.11. The average Bonchev–Trinajstić information content (AvgIpc) is 2.19. The molecular formula is C11H14N2O2. The molecule has 0 atom stereocenters. The van der Waals surface area contributed by atoms with Crippen molar-refractivity contribution in [2.24, 2.45) is 0 Å². The van der Waals surface area contributed by atoms with E-state index in [9.17, 15) is 9.59 Å². The molecule has 1 aliphatic rings. The first-order valence-corrected chi connectivity index (χ1v) is 5.12. The van der Waals surface area contributed by atoms with Crippen LogP contribution >= 0.6 is 0 Å². The van der Waals surface area contributed by atoms with E-state index in [1.807, 2.05) is 13.8 Å². The molecule has 0 bridgehead atoms. The summed E-state index contributed by atoms with van der Waals surface area (Å²) in [7, 11) is 0. The molecule has 4 heteroatoms. The zero-order valence-electron chi connectivity index (χ0n) is 8.93. The Labute approximate surface area is 88.1 Å². The number of carbonyl (C=O) groups is 1. The Bertz CT molecular complexity index is 448. The van der Waals surface area contributed by atoms with Gasteiger partial charge in [-0.25, -0.2) is 0 Å². The molecule has 2 rings (SSSR count). The molecule has 1 aromatic rings. The maximum Gasteiger partial charge on any atom is 0.270 e. The second-order valence-corrected chi connectivity index (χ2v) is 3.99. The van der Waals surface area contributed by atoms with E-state index in [1.165, 1.54) is 6.07 Å². The van der Waals surface area contributed by atoms with Gasteiger partial charge < -0.3 is 9.47 Å². The monoisotopic (exact) mass is 206 g/mol. The Balaban J connectivity index is 2.48. The number of fused-ring (bicyclic) bond motifs is 1. The summed E-state index contributed by atoms with van der Waals surface area (Å²) in [5.74, 6) is -0.0473. The Kier molecular flexibility index (Phi) is 2.34. The lowest BCUT2D eigenvalue weighted by Gasteiger charge is -2.32. The molecule has 0 saturated heterocycles. The van der Waals surface area contributed by atoms with Crippen LogP contribution < -0.4 is 5.56 Å². The molecule has 1 aromatic heterocycles. The van der Waals surface area contributed by atoms with Crippen LogP contribution in [0.2, 0.25) is 0 Å². The van der Waals surface area contributed by atoms with E-state index in [-0.39, 0.29) is 17.5 Å². The van der Waals surface area contributed by atoms with Crippen LogP contribution in [0, 0.1) is 0 Å². The predicted molar refractivity (Wildman–Crippen MR) is 56.9 cm³/mol. The Hall–Kier alpha value is -1.58. The van der Waals surface area contributed by atoms with Crippen molar-refractivity contribution in [2.45, 2.75) is 26.4 Å². The Morgan fingerprint density at radius 3 is 2.60 bits per heavy atom. The van der Waals surface area contributed by atoms with Gasteiger partial charge >= 0.3 is 0 Å². The van der Waals surface area contributed by atoms with Crippen LogP contribution in [-0.2, 0) is 6.54 Å². The van der Waals surface area contributed by atoms with Gasteiger partial charge in [-0.3, -0.25) is 9.59 Å². The number of nitrogens with zero attached hydrogens (tertiary/aromatic N) is 2. The topological polar surface area (TPSA) is 42.3 Å². The van der Waals surface area contributed by atoms with E-state index in [1.54, 1.807) is 21.6 Å². The number of carbonyl (C=O) groups excluding carboxylic acids is 1. The number of pyridine rings is 1. The molecular weight excluding hydrogens is 192 g/mol. The largest absolute Gasteiger partial charge is 0.333 e. The van der Waals surface area contributed by atoms with Crippen molar-refractivity contribution < 1.29 is 4.79 Å². The summed E-state index contributed by atoms with van der Waals surface area (Å²) < 4.78 is 1.54.